The van der Waals surface area contributed by atoms with Crippen molar-refractivity contribution in [2.24, 2.45) is 5.92 Å². The molecule has 6 heteroatoms. The maximum absolute atomic E-state index is 12.6. The van der Waals surface area contributed by atoms with E-state index in [1.165, 1.54) is 16.9 Å². The molecule has 1 aliphatic rings. The number of aromatic nitrogens is 1. The second kappa shape index (κ2) is 9.63. The molecule has 1 fully saturated rings. The van der Waals surface area contributed by atoms with Gasteiger partial charge in [0.1, 0.15) is 4.88 Å². The summed E-state index contributed by atoms with van der Waals surface area (Å²) in [6, 6.07) is 8.24. The lowest BCUT2D eigenvalue weighted by molar-refractivity contribution is 0.103. The molecule has 0 spiro atoms. The summed E-state index contributed by atoms with van der Waals surface area (Å²) >= 11 is 1.51. The van der Waals surface area contributed by atoms with Gasteiger partial charge in [0.05, 0.1) is 10.7 Å². The van der Waals surface area contributed by atoms with Crippen molar-refractivity contribution in [3.05, 3.63) is 45.4 Å². The van der Waals surface area contributed by atoms with E-state index >= 15 is 0 Å². The fraction of sp³-hybridized carbons (Fsp3) is 0.545. The van der Waals surface area contributed by atoms with Gasteiger partial charge in [-0.05, 0) is 37.1 Å². The molecule has 1 N–H and O–H groups in total. The Morgan fingerprint density at radius 3 is 2.39 bits per heavy atom. The van der Waals surface area contributed by atoms with Crippen LogP contribution < -0.4 is 5.32 Å². The van der Waals surface area contributed by atoms with Gasteiger partial charge >= 0.3 is 0 Å². The van der Waals surface area contributed by atoms with Crippen molar-refractivity contribution < 1.29 is 4.79 Å². The quantitative estimate of drug-likeness (QED) is 0.762. The molecule has 0 aliphatic carbocycles. The Bertz CT molecular complexity index is 776. The standard InChI is InChI=1S/C22H32N4OS/c1-5-25-10-12-26(13-11-25)15-18-6-8-19(9-7-18)24-22(27)21-17(4)23-20(28-21)14-16(2)3/h6-9,16H,5,10-15H2,1-4H3,(H,24,27). The number of nitrogens with one attached hydrogen (secondary N) is 1. The summed E-state index contributed by atoms with van der Waals surface area (Å²) in [5, 5.41) is 4.06. The zero-order valence-electron chi connectivity index (χ0n) is 17.5. The number of amides is 1. The Kier molecular flexibility index (Phi) is 7.21. The Balaban J connectivity index is 1.55. The number of carbonyl (C=O) groups excluding carboxylic acids is 1. The van der Waals surface area contributed by atoms with E-state index in [9.17, 15) is 4.79 Å². The lowest BCUT2D eigenvalue weighted by atomic mass is 10.1. The summed E-state index contributed by atoms with van der Waals surface area (Å²) in [7, 11) is 0. The second-order valence-corrected chi connectivity index (χ2v) is 9.07. The predicted molar refractivity (Wildman–Crippen MR) is 117 cm³/mol. The molecule has 5 nitrogen and oxygen atoms in total. The molecule has 1 aromatic carbocycles. The second-order valence-electron chi connectivity index (χ2n) is 7.98. The van der Waals surface area contributed by atoms with Crippen LogP contribution in [0.25, 0.3) is 0 Å². The van der Waals surface area contributed by atoms with E-state index in [0.717, 1.165) is 62.1 Å². The van der Waals surface area contributed by atoms with Gasteiger partial charge in [-0.3, -0.25) is 9.69 Å². The Hall–Kier alpha value is -1.76. The van der Waals surface area contributed by atoms with E-state index in [0.29, 0.717) is 10.8 Å². The third-order valence-corrected chi connectivity index (χ3v) is 6.34. The molecule has 2 aromatic rings. The fourth-order valence-corrected chi connectivity index (χ4v) is 4.67. The first kappa shape index (κ1) is 21.0. The molecule has 3 rings (SSSR count). The highest BCUT2D eigenvalue weighted by molar-refractivity contribution is 7.13. The van der Waals surface area contributed by atoms with Gasteiger partial charge in [-0.1, -0.05) is 32.9 Å². The molecule has 1 aliphatic heterocycles. The Morgan fingerprint density at radius 2 is 1.79 bits per heavy atom. The average Bonchev–Trinajstić information content (AvgIpc) is 3.03. The van der Waals surface area contributed by atoms with Crippen molar-refractivity contribution in [2.45, 2.75) is 40.7 Å². The highest BCUT2D eigenvalue weighted by atomic mass is 32.1. The highest BCUT2D eigenvalue weighted by Crippen LogP contribution is 2.22. The van der Waals surface area contributed by atoms with Crippen LogP contribution in [-0.4, -0.2) is 53.4 Å². The number of benzene rings is 1. The van der Waals surface area contributed by atoms with Crippen molar-refractivity contribution in [1.82, 2.24) is 14.8 Å². The zero-order chi connectivity index (χ0) is 20.1. The topological polar surface area (TPSA) is 48.5 Å². The number of carbonyl (C=O) groups is 1. The number of rotatable bonds is 7. The van der Waals surface area contributed by atoms with Gasteiger partial charge in [-0.2, -0.15) is 0 Å². The molecule has 1 aromatic heterocycles. The first-order valence-corrected chi connectivity index (χ1v) is 11.1. The van der Waals surface area contributed by atoms with Crippen LogP contribution >= 0.6 is 11.3 Å². The Morgan fingerprint density at radius 1 is 1.14 bits per heavy atom. The molecule has 0 bridgehead atoms. The van der Waals surface area contributed by atoms with Crippen LogP contribution in [0, 0.1) is 12.8 Å². The van der Waals surface area contributed by atoms with Gasteiger partial charge < -0.3 is 10.2 Å². The number of thiazole rings is 1. The van der Waals surface area contributed by atoms with Crippen LogP contribution in [0.15, 0.2) is 24.3 Å². The van der Waals surface area contributed by atoms with Gasteiger partial charge in [0.2, 0.25) is 0 Å². The van der Waals surface area contributed by atoms with Crippen molar-refractivity contribution in [3.8, 4) is 0 Å². The maximum Gasteiger partial charge on any atom is 0.267 e. The monoisotopic (exact) mass is 400 g/mol. The SMILES string of the molecule is CCN1CCN(Cc2ccc(NC(=O)c3sc(CC(C)C)nc3C)cc2)CC1. The van der Waals surface area contributed by atoms with Crippen LogP contribution in [0.3, 0.4) is 0 Å². The van der Waals surface area contributed by atoms with Gasteiger partial charge in [0.25, 0.3) is 5.91 Å². The van der Waals surface area contributed by atoms with E-state index < -0.39 is 0 Å². The van der Waals surface area contributed by atoms with E-state index in [1.807, 2.05) is 19.1 Å². The van der Waals surface area contributed by atoms with Crippen LogP contribution in [0.4, 0.5) is 5.69 Å². The van der Waals surface area contributed by atoms with Crippen molar-refractivity contribution >= 4 is 22.9 Å². The molecule has 0 atom stereocenters. The predicted octanol–water partition coefficient (Wildman–Crippen LogP) is 4.04. The zero-order valence-corrected chi connectivity index (χ0v) is 18.3. The molecule has 152 valence electrons. The number of hydrogen-bond acceptors (Lipinski definition) is 5. The number of nitrogens with zero attached hydrogens (tertiary/aromatic N) is 3. The van der Waals surface area contributed by atoms with Crippen LogP contribution in [-0.2, 0) is 13.0 Å². The van der Waals surface area contributed by atoms with Crippen LogP contribution in [0.5, 0.6) is 0 Å². The van der Waals surface area contributed by atoms with Gasteiger partial charge in [0.15, 0.2) is 0 Å². The smallest absolute Gasteiger partial charge is 0.267 e. The minimum absolute atomic E-state index is 0.0616. The van der Waals surface area contributed by atoms with Crippen molar-refractivity contribution in [3.63, 3.8) is 0 Å². The van der Waals surface area contributed by atoms with E-state index in [1.54, 1.807) is 0 Å². The summed E-state index contributed by atoms with van der Waals surface area (Å²) in [6.07, 6.45) is 0.917. The number of likely N-dealkylation sites (N-methyl/N-ethyl adjacent to an activating group) is 1. The first-order chi connectivity index (χ1) is 13.4. The molecular formula is C22H32N4OS. The molecular weight excluding hydrogens is 368 g/mol. The highest BCUT2D eigenvalue weighted by Gasteiger charge is 2.17. The minimum Gasteiger partial charge on any atom is -0.321 e. The molecule has 0 radical (unpaired) electrons. The number of aryl methyl sites for hydroxylation is 1. The lowest BCUT2D eigenvalue weighted by Gasteiger charge is -2.34. The van der Waals surface area contributed by atoms with E-state index in [-0.39, 0.29) is 5.91 Å². The first-order valence-electron chi connectivity index (χ1n) is 10.3. The number of anilines is 1. The molecule has 1 amide bonds. The fourth-order valence-electron chi connectivity index (χ4n) is 3.50. The summed E-state index contributed by atoms with van der Waals surface area (Å²) in [4.78, 5) is 22.9. The molecule has 0 saturated carbocycles. The number of piperazine rings is 1. The van der Waals surface area contributed by atoms with Crippen LogP contribution in [0.2, 0.25) is 0 Å². The summed E-state index contributed by atoms with van der Waals surface area (Å²) in [6.45, 7) is 15.1. The summed E-state index contributed by atoms with van der Waals surface area (Å²) in [5.41, 5.74) is 2.94. The van der Waals surface area contributed by atoms with Gasteiger partial charge in [0, 0.05) is 44.8 Å². The molecule has 28 heavy (non-hydrogen) atoms. The third kappa shape index (κ3) is 5.63. The number of hydrogen-bond donors (Lipinski definition) is 1. The van der Waals surface area contributed by atoms with Gasteiger partial charge in [-0.25, -0.2) is 4.98 Å². The summed E-state index contributed by atoms with van der Waals surface area (Å²) < 4.78 is 0. The third-order valence-electron chi connectivity index (χ3n) is 5.16. The van der Waals surface area contributed by atoms with E-state index in [2.05, 4.69) is 53.0 Å². The lowest BCUT2D eigenvalue weighted by Crippen LogP contribution is -2.45. The maximum atomic E-state index is 12.6. The average molecular weight is 401 g/mol. The molecule has 0 unspecified atom stereocenters. The van der Waals surface area contributed by atoms with E-state index in [4.69, 9.17) is 0 Å². The van der Waals surface area contributed by atoms with Gasteiger partial charge in [-0.15, -0.1) is 11.3 Å². The normalized spacial score (nSPS) is 15.9. The minimum atomic E-state index is -0.0616. The van der Waals surface area contributed by atoms with Crippen LogP contribution in [0.1, 0.15) is 46.7 Å². The molecule has 1 saturated heterocycles. The summed E-state index contributed by atoms with van der Waals surface area (Å²) in [5.74, 6) is 0.479. The van der Waals surface area contributed by atoms with Crippen molar-refractivity contribution in [2.75, 3.05) is 38.0 Å². The van der Waals surface area contributed by atoms with Crippen molar-refractivity contribution in [1.29, 1.82) is 0 Å². The molecule has 2 heterocycles. The Labute approximate surface area is 172 Å². The largest absolute Gasteiger partial charge is 0.321 e.